The number of rotatable bonds is 2. The molecule has 2 fully saturated rings. The first-order valence-corrected chi connectivity index (χ1v) is 9.24. The van der Waals surface area contributed by atoms with Gasteiger partial charge in [0.15, 0.2) is 0 Å². The lowest BCUT2D eigenvalue weighted by Gasteiger charge is -2.24. The summed E-state index contributed by atoms with van der Waals surface area (Å²) in [6, 6.07) is 6.22. The highest BCUT2D eigenvalue weighted by Gasteiger charge is 2.37. The number of hydrogen-bond acceptors (Lipinski definition) is 4. The van der Waals surface area contributed by atoms with Crippen LogP contribution < -0.4 is 5.32 Å². The molecular formula is C16H23NO5S. The van der Waals surface area contributed by atoms with Crippen LogP contribution >= 0.6 is 0 Å². The number of fused-ring (bicyclic) bond motifs is 1. The average Bonchev–Trinajstić information content (AvgIpc) is 2.91. The molecule has 128 valence electrons. The molecule has 1 aromatic carbocycles. The van der Waals surface area contributed by atoms with E-state index in [9.17, 15) is 13.2 Å². The minimum atomic E-state index is -4.02. The van der Waals surface area contributed by atoms with Gasteiger partial charge in [0.2, 0.25) is 0 Å². The molecule has 0 aromatic heterocycles. The maximum absolute atomic E-state index is 10.7. The normalized spacial score (nSPS) is 26.8. The molecule has 1 aromatic rings. The molecule has 1 aliphatic heterocycles. The number of hydrogen-bond donors (Lipinski definition) is 3. The SMILES string of the molecule is Cc1ccc(S(=O)(=O)O)cc1.O=C(O)C1CC2CCCCC2N1. The first-order valence-electron chi connectivity index (χ1n) is 7.80. The van der Waals surface area contributed by atoms with E-state index in [4.69, 9.17) is 9.66 Å². The number of benzene rings is 1. The van der Waals surface area contributed by atoms with E-state index in [-0.39, 0.29) is 10.9 Å². The van der Waals surface area contributed by atoms with E-state index in [0.29, 0.717) is 12.0 Å². The molecular weight excluding hydrogens is 318 g/mol. The standard InChI is InChI=1S/C9H15NO2.C7H8O3S/c11-9(12)8-5-6-3-1-2-4-7(6)10-8;1-6-2-4-7(5-3-6)11(8,9)10/h6-8,10H,1-5H2,(H,11,12);2-5H,1H3,(H,8,9,10). The van der Waals surface area contributed by atoms with Crippen LogP contribution in [0.1, 0.15) is 37.7 Å². The fourth-order valence-corrected chi connectivity index (χ4v) is 3.70. The Balaban J connectivity index is 0.000000168. The van der Waals surface area contributed by atoms with Crippen LogP contribution in [-0.2, 0) is 14.9 Å². The zero-order valence-corrected chi connectivity index (χ0v) is 13.9. The molecule has 1 saturated carbocycles. The molecule has 3 atom stereocenters. The van der Waals surface area contributed by atoms with Crippen LogP contribution in [0.2, 0.25) is 0 Å². The van der Waals surface area contributed by atoms with Crippen molar-refractivity contribution < 1.29 is 22.9 Å². The van der Waals surface area contributed by atoms with Crippen LogP contribution in [0.25, 0.3) is 0 Å². The Morgan fingerprint density at radius 2 is 1.78 bits per heavy atom. The van der Waals surface area contributed by atoms with Crippen LogP contribution in [0.4, 0.5) is 0 Å². The van der Waals surface area contributed by atoms with Crippen LogP contribution in [0.3, 0.4) is 0 Å². The van der Waals surface area contributed by atoms with Gasteiger partial charge in [0.1, 0.15) is 6.04 Å². The Labute approximate surface area is 136 Å². The van der Waals surface area contributed by atoms with Gasteiger partial charge < -0.3 is 10.4 Å². The lowest BCUT2D eigenvalue weighted by atomic mass is 9.85. The zero-order valence-electron chi connectivity index (χ0n) is 13.1. The highest BCUT2D eigenvalue weighted by molar-refractivity contribution is 7.85. The summed E-state index contributed by atoms with van der Waals surface area (Å²) >= 11 is 0. The Hall–Kier alpha value is -1.44. The summed E-state index contributed by atoms with van der Waals surface area (Å²) in [7, 11) is -4.02. The van der Waals surface area contributed by atoms with E-state index in [1.807, 2.05) is 6.92 Å². The highest BCUT2D eigenvalue weighted by Crippen LogP contribution is 2.33. The van der Waals surface area contributed by atoms with Gasteiger partial charge in [0.25, 0.3) is 10.1 Å². The zero-order chi connectivity index (χ0) is 17.0. The Kier molecular flexibility index (Phi) is 5.78. The summed E-state index contributed by atoms with van der Waals surface area (Å²) in [6.07, 6.45) is 5.80. The van der Waals surface area contributed by atoms with Crippen molar-refractivity contribution in [3.8, 4) is 0 Å². The van der Waals surface area contributed by atoms with Crippen LogP contribution in [0, 0.1) is 12.8 Å². The maximum Gasteiger partial charge on any atom is 0.320 e. The van der Waals surface area contributed by atoms with Crippen LogP contribution in [0.15, 0.2) is 29.2 Å². The molecule has 3 unspecified atom stereocenters. The van der Waals surface area contributed by atoms with Gasteiger partial charge >= 0.3 is 5.97 Å². The van der Waals surface area contributed by atoms with Gasteiger partial charge in [-0.2, -0.15) is 8.42 Å². The Bertz CT molecular complexity index is 627. The van der Waals surface area contributed by atoms with Crippen LogP contribution in [-0.4, -0.2) is 36.1 Å². The van der Waals surface area contributed by atoms with Crippen molar-refractivity contribution in [2.45, 2.75) is 56.0 Å². The number of carboxylic acids is 1. The number of nitrogens with one attached hydrogen (secondary N) is 1. The van der Waals surface area contributed by atoms with Crippen molar-refractivity contribution in [2.75, 3.05) is 0 Å². The molecule has 3 N–H and O–H groups in total. The number of aliphatic carboxylic acids is 1. The van der Waals surface area contributed by atoms with Crippen molar-refractivity contribution in [1.29, 1.82) is 0 Å². The molecule has 0 amide bonds. The predicted molar refractivity (Wildman–Crippen MR) is 85.9 cm³/mol. The van der Waals surface area contributed by atoms with E-state index >= 15 is 0 Å². The third-order valence-electron chi connectivity index (χ3n) is 4.48. The van der Waals surface area contributed by atoms with E-state index in [2.05, 4.69) is 5.32 Å². The number of carbonyl (C=O) groups is 1. The van der Waals surface area contributed by atoms with Gasteiger partial charge in [-0.25, -0.2) is 0 Å². The molecule has 1 aliphatic carbocycles. The third kappa shape index (κ3) is 5.02. The summed E-state index contributed by atoms with van der Waals surface area (Å²) in [6.45, 7) is 1.84. The van der Waals surface area contributed by atoms with Crippen molar-refractivity contribution in [1.82, 2.24) is 5.32 Å². The van der Waals surface area contributed by atoms with Crippen molar-refractivity contribution in [3.05, 3.63) is 29.8 Å². The molecule has 2 aliphatic rings. The van der Waals surface area contributed by atoms with Gasteiger partial charge in [-0.15, -0.1) is 0 Å². The predicted octanol–water partition coefficient (Wildman–Crippen LogP) is 2.23. The molecule has 0 bridgehead atoms. The topological polar surface area (TPSA) is 104 Å². The monoisotopic (exact) mass is 341 g/mol. The quantitative estimate of drug-likeness (QED) is 0.713. The van der Waals surface area contributed by atoms with Crippen molar-refractivity contribution >= 4 is 16.1 Å². The van der Waals surface area contributed by atoms with E-state index in [1.54, 1.807) is 12.1 Å². The minimum absolute atomic E-state index is 0.0666. The molecule has 6 nitrogen and oxygen atoms in total. The average molecular weight is 341 g/mol. The summed E-state index contributed by atoms with van der Waals surface area (Å²) in [5.74, 6) is -0.0377. The first-order chi connectivity index (χ1) is 10.8. The second kappa shape index (κ2) is 7.42. The van der Waals surface area contributed by atoms with Gasteiger partial charge in [-0.1, -0.05) is 30.5 Å². The molecule has 0 spiro atoms. The second-order valence-electron chi connectivity index (χ2n) is 6.23. The highest BCUT2D eigenvalue weighted by atomic mass is 32.2. The van der Waals surface area contributed by atoms with Crippen molar-refractivity contribution in [2.24, 2.45) is 5.92 Å². The smallest absolute Gasteiger partial charge is 0.320 e. The molecule has 23 heavy (non-hydrogen) atoms. The van der Waals surface area contributed by atoms with Gasteiger partial charge in [0, 0.05) is 6.04 Å². The molecule has 1 saturated heterocycles. The molecule has 7 heteroatoms. The fourth-order valence-electron chi connectivity index (χ4n) is 3.22. The summed E-state index contributed by atoms with van der Waals surface area (Å²) in [5.41, 5.74) is 0.956. The van der Waals surface area contributed by atoms with Gasteiger partial charge in [0.05, 0.1) is 4.90 Å². The number of carboxylic acid groups (broad SMARTS) is 1. The van der Waals surface area contributed by atoms with Gasteiger partial charge in [-0.05, 0) is 44.2 Å². The maximum atomic E-state index is 10.7. The summed E-state index contributed by atoms with van der Waals surface area (Å²) in [4.78, 5) is 10.6. The molecule has 1 heterocycles. The summed E-state index contributed by atoms with van der Waals surface area (Å²) in [5, 5.41) is 12.0. The van der Waals surface area contributed by atoms with Crippen molar-refractivity contribution in [3.63, 3.8) is 0 Å². The molecule has 3 rings (SSSR count). The Morgan fingerprint density at radius 1 is 1.17 bits per heavy atom. The Morgan fingerprint density at radius 3 is 2.30 bits per heavy atom. The number of aryl methyl sites for hydroxylation is 1. The lowest BCUT2D eigenvalue weighted by molar-refractivity contribution is -0.139. The van der Waals surface area contributed by atoms with E-state index in [1.165, 1.54) is 37.8 Å². The molecule has 0 radical (unpaired) electrons. The minimum Gasteiger partial charge on any atom is -0.480 e. The lowest BCUT2D eigenvalue weighted by Crippen LogP contribution is -2.36. The van der Waals surface area contributed by atoms with E-state index in [0.717, 1.165) is 12.0 Å². The van der Waals surface area contributed by atoms with Gasteiger partial charge in [-0.3, -0.25) is 9.35 Å². The fraction of sp³-hybridized carbons (Fsp3) is 0.562. The summed E-state index contributed by atoms with van der Waals surface area (Å²) < 4.78 is 29.6. The second-order valence-corrected chi connectivity index (χ2v) is 7.65. The largest absolute Gasteiger partial charge is 0.480 e. The van der Waals surface area contributed by atoms with E-state index < -0.39 is 16.1 Å². The first kappa shape index (κ1) is 17.9. The third-order valence-corrected chi connectivity index (χ3v) is 5.35. The van der Waals surface area contributed by atoms with Crippen LogP contribution in [0.5, 0.6) is 0 Å².